The Morgan fingerprint density at radius 3 is 2.72 bits per heavy atom. The van der Waals surface area contributed by atoms with E-state index in [0.717, 1.165) is 12.8 Å². The van der Waals surface area contributed by atoms with Gasteiger partial charge in [0.05, 0.1) is 5.60 Å². The standard InChI is InChI=1S/C12H21N3O3/c1-5-6-9-13-11(17-14-9)8-7-10(16)15-18-12(2,3)4/h5-8H2,1-4H3,(H,15,16). The van der Waals surface area contributed by atoms with Crippen LogP contribution in [-0.2, 0) is 22.5 Å². The summed E-state index contributed by atoms with van der Waals surface area (Å²) in [6, 6.07) is 0. The third kappa shape index (κ3) is 5.77. The predicted octanol–water partition coefficient (Wildman–Crippen LogP) is 1.80. The molecule has 1 heterocycles. The third-order valence-corrected chi connectivity index (χ3v) is 2.02. The maximum Gasteiger partial charge on any atom is 0.244 e. The molecule has 1 N–H and O–H groups in total. The summed E-state index contributed by atoms with van der Waals surface area (Å²) >= 11 is 0. The Hall–Kier alpha value is -1.43. The lowest BCUT2D eigenvalue weighted by atomic mass is 10.2. The minimum absolute atomic E-state index is 0.194. The third-order valence-electron chi connectivity index (χ3n) is 2.02. The zero-order chi connectivity index (χ0) is 13.6. The van der Waals surface area contributed by atoms with Crippen LogP contribution in [0.15, 0.2) is 4.52 Å². The van der Waals surface area contributed by atoms with Crippen molar-refractivity contribution in [3.8, 4) is 0 Å². The summed E-state index contributed by atoms with van der Waals surface area (Å²) in [5.41, 5.74) is 2.00. The summed E-state index contributed by atoms with van der Waals surface area (Å²) in [6.07, 6.45) is 2.46. The van der Waals surface area contributed by atoms with E-state index in [2.05, 4.69) is 15.6 Å². The molecule has 0 aliphatic rings. The summed E-state index contributed by atoms with van der Waals surface area (Å²) in [5.74, 6) is 0.989. The topological polar surface area (TPSA) is 77.2 Å². The molecule has 0 aromatic carbocycles. The van der Waals surface area contributed by atoms with Crippen LogP contribution >= 0.6 is 0 Å². The molecule has 1 rings (SSSR count). The zero-order valence-corrected chi connectivity index (χ0v) is 11.4. The van der Waals surface area contributed by atoms with E-state index < -0.39 is 5.60 Å². The zero-order valence-electron chi connectivity index (χ0n) is 11.4. The maximum absolute atomic E-state index is 11.5. The van der Waals surface area contributed by atoms with E-state index in [-0.39, 0.29) is 12.3 Å². The number of rotatable bonds is 6. The summed E-state index contributed by atoms with van der Waals surface area (Å²) < 4.78 is 5.03. The molecule has 0 aliphatic heterocycles. The Kier molecular flexibility index (Phi) is 5.27. The molecule has 0 unspecified atom stereocenters. The van der Waals surface area contributed by atoms with Crippen molar-refractivity contribution in [2.45, 2.75) is 59.0 Å². The number of hydrogen-bond donors (Lipinski definition) is 1. The highest BCUT2D eigenvalue weighted by Crippen LogP contribution is 2.05. The first-order chi connectivity index (χ1) is 8.40. The van der Waals surface area contributed by atoms with E-state index >= 15 is 0 Å². The van der Waals surface area contributed by atoms with Gasteiger partial charge in [-0.2, -0.15) is 4.98 Å². The summed E-state index contributed by atoms with van der Waals surface area (Å²) in [6.45, 7) is 7.64. The molecular weight excluding hydrogens is 234 g/mol. The number of aryl methyl sites for hydroxylation is 2. The van der Waals surface area contributed by atoms with Crippen LogP contribution in [0.1, 0.15) is 52.3 Å². The van der Waals surface area contributed by atoms with E-state index in [1.807, 2.05) is 27.7 Å². The number of amides is 1. The lowest BCUT2D eigenvalue weighted by molar-refractivity contribution is -0.145. The molecule has 0 aliphatic carbocycles. The second kappa shape index (κ2) is 6.49. The monoisotopic (exact) mass is 255 g/mol. The number of nitrogens with zero attached hydrogens (tertiary/aromatic N) is 2. The Bertz CT molecular complexity index is 382. The highest BCUT2D eigenvalue weighted by Gasteiger charge is 2.14. The van der Waals surface area contributed by atoms with Crippen LogP contribution in [-0.4, -0.2) is 21.6 Å². The average Bonchev–Trinajstić information content (AvgIpc) is 2.71. The molecule has 6 nitrogen and oxygen atoms in total. The first-order valence-corrected chi connectivity index (χ1v) is 6.19. The van der Waals surface area contributed by atoms with E-state index in [1.165, 1.54) is 0 Å². The van der Waals surface area contributed by atoms with E-state index in [4.69, 9.17) is 9.36 Å². The maximum atomic E-state index is 11.5. The second-order valence-electron chi connectivity index (χ2n) is 5.09. The number of hydroxylamine groups is 1. The van der Waals surface area contributed by atoms with E-state index in [0.29, 0.717) is 18.1 Å². The first-order valence-electron chi connectivity index (χ1n) is 6.19. The van der Waals surface area contributed by atoms with Gasteiger partial charge in [0.1, 0.15) is 0 Å². The van der Waals surface area contributed by atoms with Crippen molar-refractivity contribution in [2.24, 2.45) is 0 Å². The van der Waals surface area contributed by atoms with Gasteiger partial charge in [-0.1, -0.05) is 12.1 Å². The number of hydrogen-bond acceptors (Lipinski definition) is 5. The number of carbonyl (C=O) groups is 1. The van der Waals surface area contributed by atoms with Crippen molar-refractivity contribution in [1.29, 1.82) is 0 Å². The van der Waals surface area contributed by atoms with Gasteiger partial charge in [0.25, 0.3) is 0 Å². The van der Waals surface area contributed by atoms with E-state index in [1.54, 1.807) is 0 Å². The highest BCUT2D eigenvalue weighted by molar-refractivity contribution is 5.74. The fourth-order valence-corrected chi connectivity index (χ4v) is 1.20. The minimum Gasteiger partial charge on any atom is -0.339 e. The Morgan fingerprint density at radius 2 is 2.11 bits per heavy atom. The fraction of sp³-hybridized carbons (Fsp3) is 0.750. The molecule has 6 heteroatoms. The summed E-state index contributed by atoms with van der Waals surface area (Å²) in [4.78, 5) is 20.8. The highest BCUT2D eigenvalue weighted by atomic mass is 16.7. The number of aromatic nitrogens is 2. The van der Waals surface area contributed by atoms with Gasteiger partial charge in [-0.15, -0.1) is 0 Å². The van der Waals surface area contributed by atoms with Crippen molar-refractivity contribution >= 4 is 5.91 Å². The van der Waals surface area contributed by atoms with Crippen LogP contribution in [0, 0.1) is 0 Å². The quantitative estimate of drug-likeness (QED) is 0.784. The average molecular weight is 255 g/mol. The van der Waals surface area contributed by atoms with Crippen LogP contribution in [0.25, 0.3) is 0 Å². The fourth-order valence-electron chi connectivity index (χ4n) is 1.20. The normalized spacial score (nSPS) is 11.6. The van der Waals surface area contributed by atoms with Crippen molar-refractivity contribution in [1.82, 2.24) is 15.6 Å². The van der Waals surface area contributed by atoms with Crippen molar-refractivity contribution in [2.75, 3.05) is 0 Å². The molecule has 0 saturated carbocycles. The van der Waals surface area contributed by atoms with Crippen LogP contribution < -0.4 is 5.48 Å². The summed E-state index contributed by atoms with van der Waals surface area (Å²) in [7, 11) is 0. The lowest BCUT2D eigenvalue weighted by Crippen LogP contribution is -2.33. The Morgan fingerprint density at radius 1 is 1.39 bits per heavy atom. The molecule has 1 amide bonds. The number of nitrogens with one attached hydrogen (secondary N) is 1. The second-order valence-corrected chi connectivity index (χ2v) is 5.09. The molecule has 0 bridgehead atoms. The molecular formula is C12H21N3O3. The van der Waals surface area contributed by atoms with Gasteiger partial charge < -0.3 is 4.52 Å². The molecule has 18 heavy (non-hydrogen) atoms. The Balaban J connectivity index is 2.29. The lowest BCUT2D eigenvalue weighted by Gasteiger charge is -2.18. The molecule has 0 atom stereocenters. The van der Waals surface area contributed by atoms with Crippen molar-refractivity contribution < 1.29 is 14.2 Å². The van der Waals surface area contributed by atoms with Crippen LogP contribution in [0.2, 0.25) is 0 Å². The van der Waals surface area contributed by atoms with Gasteiger partial charge in [0.2, 0.25) is 11.8 Å². The van der Waals surface area contributed by atoms with Crippen LogP contribution in [0.4, 0.5) is 0 Å². The van der Waals surface area contributed by atoms with Gasteiger partial charge in [0, 0.05) is 19.3 Å². The SMILES string of the molecule is CCCc1noc(CCC(=O)NOC(C)(C)C)n1. The van der Waals surface area contributed by atoms with Gasteiger partial charge in [-0.25, -0.2) is 5.48 Å². The summed E-state index contributed by atoms with van der Waals surface area (Å²) in [5, 5.41) is 3.82. The van der Waals surface area contributed by atoms with Gasteiger partial charge in [0.15, 0.2) is 5.82 Å². The van der Waals surface area contributed by atoms with Crippen molar-refractivity contribution in [3.63, 3.8) is 0 Å². The Labute approximate surface area is 107 Å². The molecule has 0 saturated heterocycles. The number of carbonyl (C=O) groups excluding carboxylic acids is 1. The van der Waals surface area contributed by atoms with Crippen molar-refractivity contribution in [3.05, 3.63) is 11.7 Å². The molecule has 1 aromatic rings. The molecule has 102 valence electrons. The van der Waals surface area contributed by atoms with Gasteiger partial charge in [-0.3, -0.25) is 9.63 Å². The van der Waals surface area contributed by atoms with Crippen LogP contribution in [0.5, 0.6) is 0 Å². The predicted molar refractivity (Wildman–Crippen MR) is 65.6 cm³/mol. The smallest absolute Gasteiger partial charge is 0.244 e. The van der Waals surface area contributed by atoms with E-state index in [9.17, 15) is 4.79 Å². The largest absolute Gasteiger partial charge is 0.339 e. The molecule has 0 radical (unpaired) electrons. The minimum atomic E-state index is -0.394. The molecule has 1 aromatic heterocycles. The van der Waals surface area contributed by atoms with Gasteiger partial charge >= 0.3 is 0 Å². The van der Waals surface area contributed by atoms with Crippen LogP contribution in [0.3, 0.4) is 0 Å². The first kappa shape index (κ1) is 14.6. The van der Waals surface area contributed by atoms with Gasteiger partial charge in [-0.05, 0) is 27.2 Å². The molecule has 0 spiro atoms. The molecule has 0 fully saturated rings.